The van der Waals surface area contributed by atoms with Gasteiger partial charge in [-0.05, 0) is 48.6 Å². The Kier molecular flexibility index (Phi) is 8.97. The molecule has 1 amide bonds. The van der Waals surface area contributed by atoms with Crippen LogP contribution < -0.4 is 5.32 Å². The molecule has 3 N–H and O–H groups in total. The minimum absolute atomic E-state index is 0.0874. The van der Waals surface area contributed by atoms with E-state index in [0.717, 1.165) is 22.0 Å². The van der Waals surface area contributed by atoms with E-state index in [-0.39, 0.29) is 30.3 Å². The van der Waals surface area contributed by atoms with Gasteiger partial charge in [0.05, 0.1) is 17.0 Å². The summed E-state index contributed by atoms with van der Waals surface area (Å²) >= 11 is 0. The molecule has 0 spiro atoms. The van der Waals surface area contributed by atoms with Gasteiger partial charge in [0.1, 0.15) is 5.82 Å². The number of carboxylic acid groups (broad SMARTS) is 1. The first-order valence-corrected chi connectivity index (χ1v) is 11.5. The number of hydrogen-bond donors (Lipinski definition) is 3. The molecule has 2 aromatic rings. The second-order valence-corrected chi connectivity index (χ2v) is 9.75. The van der Waals surface area contributed by atoms with Gasteiger partial charge in [0.15, 0.2) is 0 Å². The number of aliphatic hydroxyl groups is 1. The van der Waals surface area contributed by atoms with Gasteiger partial charge in [-0.25, -0.2) is 17.6 Å². The Morgan fingerprint density at radius 2 is 1.71 bits per heavy atom. The maximum atomic E-state index is 13.3. The van der Waals surface area contributed by atoms with Gasteiger partial charge in [-0.15, -0.1) is 0 Å². The normalized spacial score (nSPS) is 13.9. The molecule has 9 heteroatoms. The molecule has 0 radical (unpaired) electrons. The molecule has 0 aliphatic carbocycles. The summed E-state index contributed by atoms with van der Waals surface area (Å²) in [5.74, 6) is -0.346. The van der Waals surface area contributed by atoms with Crippen molar-refractivity contribution >= 4 is 16.1 Å². The molecule has 31 heavy (non-hydrogen) atoms. The Bertz CT molecular complexity index is 936. The van der Waals surface area contributed by atoms with Crippen molar-refractivity contribution in [3.8, 4) is 0 Å². The van der Waals surface area contributed by atoms with E-state index in [9.17, 15) is 27.8 Å². The summed E-state index contributed by atoms with van der Waals surface area (Å²) in [6.45, 7) is 3.73. The van der Waals surface area contributed by atoms with E-state index in [0.29, 0.717) is 6.42 Å². The zero-order chi connectivity index (χ0) is 23.0. The molecular weight excluding hydrogens is 423 g/mol. The molecule has 0 fully saturated rings. The van der Waals surface area contributed by atoms with Crippen LogP contribution in [0.5, 0.6) is 0 Å². The third-order valence-corrected chi connectivity index (χ3v) is 6.75. The minimum Gasteiger partial charge on any atom is -0.465 e. The number of carbonyl (C=O) groups is 1. The Balaban J connectivity index is 2.27. The van der Waals surface area contributed by atoms with Crippen molar-refractivity contribution in [1.82, 2.24) is 9.62 Å². The van der Waals surface area contributed by atoms with Crippen molar-refractivity contribution in [2.24, 2.45) is 5.92 Å². The molecule has 0 unspecified atom stereocenters. The maximum Gasteiger partial charge on any atom is 0.404 e. The third kappa shape index (κ3) is 7.61. The first-order chi connectivity index (χ1) is 14.6. The highest BCUT2D eigenvalue weighted by Gasteiger charge is 2.30. The molecule has 0 bridgehead atoms. The van der Waals surface area contributed by atoms with Crippen molar-refractivity contribution in [1.29, 1.82) is 0 Å². The van der Waals surface area contributed by atoms with Crippen LogP contribution in [0.15, 0.2) is 59.5 Å². The molecular formula is C22H29FN2O5S. The highest BCUT2D eigenvalue weighted by molar-refractivity contribution is 7.89. The first kappa shape index (κ1) is 24.8. The maximum absolute atomic E-state index is 13.3. The number of benzene rings is 2. The lowest BCUT2D eigenvalue weighted by Gasteiger charge is -2.29. The summed E-state index contributed by atoms with van der Waals surface area (Å²) in [6, 6.07) is 12.6. The average molecular weight is 453 g/mol. The quantitative estimate of drug-likeness (QED) is 0.486. The highest BCUT2D eigenvalue weighted by atomic mass is 32.2. The van der Waals surface area contributed by atoms with Gasteiger partial charge in [-0.1, -0.05) is 44.2 Å². The lowest BCUT2D eigenvalue weighted by atomic mass is 10.0. The van der Waals surface area contributed by atoms with Crippen molar-refractivity contribution in [3.05, 3.63) is 66.0 Å². The molecule has 0 aliphatic rings. The largest absolute Gasteiger partial charge is 0.465 e. The van der Waals surface area contributed by atoms with Crippen LogP contribution in [0, 0.1) is 11.7 Å². The van der Waals surface area contributed by atoms with Crippen LogP contribution >= 0.6 is 0 Å². The van der Waals surface area contributed by atoms with Gasteiger partial charge in [-0.3, -0.25) is 0 Å². The van der Waals surface area contributed by atoms with Gasteiger partial charge in [0.25, 0.3) is 0 Å². The Morgan fingerprint density at radius 3 is 2.26 bits per heavy atom. The molecule has 0 aromatic heterocycles. The topological polar surface area (TPSA) is 107 Å². The summed E-state index contributed by atoms with van der Waals surface area (Å²) in [4.78, 5) is 11.2. The number of aliphatic hydroxyl groups excluding tert-OH is 1. The fourth-order valence-electron chi connectivity index (χ4n) is 3.11. The molecule has 0 saturated carbocycles. The monoisotopic (exact) mass is 452 g/mol. The SMILES string of the molecule is CC(C)CCN(C[C@@H](O)[C@H](Cc1ccccc1)NC(=O)O)S(=O)(=O)c1ccc(F)cc1. The fourth-order valence-corrected chi connectivity index (χ4v) is 4.59. The van der Waals surface area contributed by atoms with Gasteiger partial charge >= 0.3 is 6.09 Å². The smallest absolute Gasteiger partial charge is 0.404 e. The van der Waals surface area contributed by atoms with E-state index in [1.165, 1.54) is 12.1 Å². The number of nitrogens with zero attached hydrogens (tertiary/aromatic N) is 1. The molecule has 2 rings (SSSR count). The van der Waals surface area contributed by atoms with Crippen LogP contribution in [0.4, 0.5) is 9.18 Å². The molecule has 2 atom stereocenters. The van der Waals surface area contributed by atoms with E-state index in [4.69, 9.17) is 0 Å². The fraction of sp³-hybridized carbons (Fsp3) is 0.409. The zero-order valence-electron chi connectivity index (χ0n) is 17.6. The summed E-state index contributed by atoms with van der Waals surface area (Å²) in [7, 11) is -4.01. The lowest BCUT2D eigenvalue weighted by molar-refractivity contribution is 0.0994. The molecule has 0 saturated heterocycles. The van der Waals surface area contributed by atoms with Gasteiger partial charge < -0.3 is 15.5 Å². The predicted octanol–water partition coefficient (Wildman–Crippen LogP) is 3.10. The van der Waals surface area contributed by atoms with Crippen molar-refractivity contribution < 1.29 is 27.8 Å². The zero-order valence-corrected chi connectivity index (χ0v) is 18.4. The summed E-state index contributed by atoms with van der Waals surface area (Å²) in [5.41, 5.74) is 0.801. The molecule has 0 heterocycles. The third-order valence-electron chi connectivity index (χ3n) is 4.87. The van der Waals surface area contributed by atoms with Crippen LogP contribution in [0.3, 0.4) is 0 Å². The Labute approximate surface area is 182 Å². The van der Waals surface area contributed by atoms with Crippen LogP contribution in [0.2, 0.25) is 0 Å². The first-order valence-electron chi connectivity index (χ1n) is 10.1. The number of nitrogens with one attached hydrogen (secondary N) is 1. The minimum atomic E-state index is -4.01. The molecule has 2 aromatic carbocycles. The Hall–Kier alpha value is -2.49. The van der Waals surface area contributed by atoms with Crippen LogP contribution in [0.1, 0.15) is 25.8 Å². The van der Waals surface area contributed by atoms with Crippen molar-refractivity contribution in [2.75, 3.05) is 13.1 Å². The van der Waals surface area contributed by atoms with Gasteiger partial charge in [0.2, 0.25) is 10.0 Å². The second-order valence-electron chi connectivity index (χ2n) is 7.81. The molecule has 170 valence electrons. The number of amides is 1. The number of hydrogen-bond acceptors (Lipinski definition) is 4. The van der Waals surface area contributed by atoms with E-state index < -0.39 is 34.1 Å². The number of rotatable bonds is 11. The van der Waals surface area contributed by atoms with E-state index >= 15 is 0 Å². The summed E-state index contributed by atoms with van der Waals surface area (Å²) < 4.78 is 40.7. The van der Waals surface area contributed by atoms with Gasteiger partial charge in [0, 0.05) is 13.1 Å². The summed E-state index contributed by atoms with van der Waals surface area (Å²) in [6.07, 6.45) is -1.86. The van der Waals surface area contributed by atoms with E-state index in [2.05, 4.69) is 5.32 Å². The van der Waals surface area contributed by atoms with Crippen LogP contribution in [-0.2, 0) is 16.4 Å². The van der Waals surface area contributed by atoms with Gasteiger partial charge in [-0.2, -0.15) is 4.31 Å². The second kappa shape index (κ2) is 11.2. The number of sulfonamides is 1. The number of halogens is 1. The highest BCUT2D eigenvalue weighted by Crippen LogP contribution is 2.19. The standard InChI is InChI=1S/C22H29FN2O5S/c1-16(2)12-13-25(31(29,30)19-10-8-18(23)9-11-19)15-21(26)20(24-22(27)28)14-17-6-4-3-5-7-17/h3-11,16,20-21,24,26H,12-15H2,1-2H3,(H,27,28)/t20-,21+/m0/s1. The lowest BCUT2D eigenvalue weighted by Crippen LogP contribution is -2.50. The molecule has 0 aliphatic heterocycles. The predicted molar refractivity (Wildman–Crippen MR) is 116 cm³/mol. The van der Waals surface area contributed by atoms with Crippen LogP contribution in [-0.4, -0.2) is 54.3 Å². The van der Waals surface area contributed by atoms with Crippen molar-refractivity contribution in [2.45, 2.75) is 43.7 Å². The van der Waals surface area contributed by atoms with Crippen LogP contribution in [0.25, 0.3) is 0 Å². The molecule has 7 nitrogen and oxygen atoms in total. The summed E-state index contributed by atoms with van der Waals surface area (Å²) in [5, 5.41) is 22.3. The van der Waals surface area contributed by atoms with Crippen molar-refractivity contribution in [3.63, 3.8) is 0 Å². The Morgan fingerprint density at radius 1 is 1.10 bits per heavy atom. The average Bonchev–Trinajstić information content (AvgIpc) is 2.71. The van der Waals surface area contributed by atoms with E-state index in [1.54, 1.807) is 24.3 Å². The van der Waals surface area contributed by atoms with E-state index in [1.807, 2.05) is 19.9 Å².